The SMILES string of the molecule is COC(=O)C1(C#N)C(c2ccccc2)C(C(=O)c2ccc(Cl)cc2)N2c3ccccc3C=CC21. The van der Waals surface area contributed by atoms with E-state index in [9.17, 15) is 14.9 Å². The van der Waals surface area contributed by atoms with Crippen molar-refractivity contribution in [2.45, 2.75) is 18.0 Å². The summed E-state index contributed by atoms with van der Waals surface area (Å²) in [5, 5.41) is 11.1. The number of esters is 1. The van der Waals surface area contributed by atoms with Crippen molar-refractivity contribution < 1.29 is 14.3 Å². The lowest BCUT2D eigenvalue weighted by Crippen LogP contribution is -2.46. The Balaban J connectivity index is 1.81. The largest absolute Gasteiger partial charge is 0.468 e. The molecular weight excluding hydrogens is 448 g/mol. The topological polar surface area (TPSA) is 70.4 Å². The number of para-hydroxylation sites is 1. The molecule has 3 aromatic rings. The highest BCUT2D eigenvalue weighted by atomic mass is 35.5. The minimum Gasteiger partial charge on any atom is -0.468 e. The molecule has 4 atom stereocenters. The Labute approximate surface area is 202 Å². The van der Waals surface area contributed by atoms with E-state index in [2.05, 4.69) is 6.07 Å². The lowest BCUT2D eigenvalue weighted by molar-refractivity contribution is -0.150. The van der Waals surface area contributed by atoms with Gasteiger partial charge in [-0.15, -0.1) is 0 Å². The first-order valence-corrected chi connectivity index (χ1v) is 11.3. The number of carbonyl (C=O) groups is 2. The minimum atomic E-state index is -1.63. The molecular formula is C28H21ClN2O3. The fourth-order valence-electron chi connectivity index (χ4n) is 5.35. The summed E-state index contributed by atoms with van der Waals surface area (Å²) in [6.45, 7) is 0. The van der Waals surface area contributed by atoms with Crippen LogP contribution < -0.4 is 4.90 Å². The summed E-state index contributed by atoms with van der Waals surface area (Å²) >= 11 is 6.07. The molecule has 34 heavy (non-hydrogen) atoms. The number of halogens is 1. The van der Waals surface area contributed by atoms with Crippen LogP contribution in [0.4, 0.5) is 5.69 Å². The number of methoxy groups -OCH3 is 1. The number of Topliss-reactive ketones (excluding diaryl/α,β-unsaturated/α-hetero) is 1. The molecule has 2 aliphatic rings. The number of rotatable bonds is 4. The smallest absolute Gasteiger partial charge is 0.329 e. The molecule has 5 nitrogen and oxygen atoms in total. The predicted molar refractivity (Wildman–Crippen MR) is 131 cm³/mol. The molecule has 0 N–H and O–H groups in total. The second kappa shape index (κ2) is 8.48. The third kappa shape index (κ3) is 3.14. The van der Waals surface area contributed by atoms with Crippen LogP contribution in [0.15, 0.2) is 84.9 Å². The van der Waals surface area contributed by atoms with E-state index in [1.165, 1.54) is 7.11 Å². The number of carbonyl (C=O) groups excluding carboxylic acids is 2. The van der Waals surface area contributed by atoms with Crippen LogP contribution in [0.25, 0.3) is 6.08 Å². The standard InChI is InChI=1S/C28H21ClN2O3/c1-34-27(33)28(17-30)23-16-13-18-7-5-6-10-22(18)31(23)25(24(28)19-8-3-2-4-9-19)26(32)20-11-14-21(29)15-12-20/h2-16,23-25H,1H3. The Morgan fingerprint density at radius 1 is 1.00 bits per heavy atom. The van der Waals surface area contributed by atoms with E-state index in [-0.39, 0.29) is 5.78 Å². The van der Waals surface area contributed by atoms with Crippen LogP contribution in [0, 0.1) is 16.7 Å². The Morgan fingerprint density at radius 3 is 2.35 bits per heavy atom. The summed E-state index contributed by atoms with van der Waals surface area (Å²) in [6.07, 6.45) is 3.75. The molecule has 0 saturated carbocycles. The van der Waals surface area contributed by atoms with E-state index in [0.29, 0.717) is 10.6 Å². The maximum absolute atomic E-state index is 14.2. The molecule has 0 radical (unpaired) electrons. The normalized spacial score (nSPS) is 24.6. The van der Waals surface area contributed by atoms with Crippen molar-refractivity contribution in [3.05, 3.63) is 107 Å². The first-order valence-electron chi connectivity index (χ1n) is 10.9. The van der Waals surface area contributed by atoms with Gasteiger partial charge in [-0.2, -0.15) is 5.26 Å². The molecule has 0 aliphatic carbocycles. The molecule has 6 heteroatoms. The maximum Gasteiger partial charge on any atom is 0.329 e. The zero-order valence-electron chi connectivity index (χ0n) is 18.4. The zero-order valence-corrected chi connectivity index (χ0v) is 19.1. The Kier molecular flexibility index (Phi) is 5.47. The van der Waals surface area contributed by atoms with Gasteiger partial charge in [0.2, 0.25) is 0 Å². The first kappa shape index (κ1) is 21.9. The average Bonchev–Trinajstić information content (AvgIpc) is 3.20. The van der Waals surface area contributed by atoms with Crippen molar-refractivity contribution in [1.29, 1.82) is 5.26 Å². The first-order chi connectivity index (χ1) is 16.5. The van der Waals surface area contributed by atoms with Gasteiger partial charge in [0.05, 0.1) is 19.2 Å². The number of hydrogen-bond donors (Lipinski definition) is 0. The fourth-order valence-corrected chi connectivity index (χ4v) is 5.48. The number of fused-ring (bicyclic) bond motifs is 3. The number of ether oxygens (including phenoxy) is 1. The number of nitriles is 1. The monoisotopic (exact) mass is 468 g/mol. The Bertz CT molecular complexity index is 1330. The summed E-state index contributed by atoms with van der Waals surface area (Å²) in [5.41, 5.74) is 1.26. The summed E-state index contributed by atoms with van der Waals surface area (Å²) < 4.78 is 5.22. The van der Waals surface area contributed by atoms with Gasteiger partial charge in [0.15, 0.2) is 11.2 Å². The predicted octanol–water partition coefficient (Wildman–Crippen LogP) is 5.27. The highest BCUT2D eigenvalue weighted by Crippen LogP contribution is 2.56. The molecule has 1 saturated heterocycles. The minimum absolute atomic E-state index is 0.193. The number of anilines is 1. The molecule has 0 amide bonds. The number of benzene rings is 3. The van der Waals surface area contributed by atoms with Gasteiger partial charge in [0, 0.05) is 22.2 Å². The molecule has 0 spiro atoms. The van der Waals surface area contributed by atoms with Crippen molar-refractivity contribution >= 4 is 35.1 Å². The van der Waals surface area contributed by atoms with E-state index < -0.39 is 29.4 Å². The highest BCUT2D eigenvalue weighted by Gasteiger charge is 2.67. The molecule has 4 unspecified atom stereocenters. The maximum atomic E-state index is 14.2. The van der Waals surface area contributed by atoms with E-state index in [0.717, 1.165) is 16.8 Å². The highest BCUT2D eigenvalue weighted by molar-refractivity contribution is 6.30. The van der Waals surface area contributed by atoms with Gasteiger partial charge >= 0.3 is 5.97 Å². The van der Waals surface area contributed by atoms with Crippen molar-refractivity contribution in [3.8, 4) is 6.07 Å². The van der Waals surface area contributed by atoms with Crippen LogP contribution in [0.2, 0.25) is 5.02 Å². The van der Waals surface area contributed by atoms with Gasteiger partial charge in [-0.3, -0.25) is 9.59 Å². The van der Waals surface area contributed by atoms with Gasteiger partial charge < -0.3 is 9.64 Å². The van der Waals surface area contributed by atoms with Crippen molar-refractivity contribution in [3.63, 3.8) is 0 Å². The van der Waals surface area contributed by atoms with Gasteiger partial charge in [-0.05, 0) is 41.5 Å². The van der Waals surface area contributed by atoms with Crippen LogP contribution in [-0.2, 0) is 9.53 Å². The second-order valence-electron chi connectivity index (χ2n) is 8.45. The van der Waals surface area contributed by atoms with Crippen molar-refractivity contribution in [2.75, 3.05) is 12.0 Å². The molecule has 168 valence electrons. The summed E-state index contributed by atoms with van der Waals surface area (Å²) in [5.74, 6) is -1.62. The van der Waals surface area contributed by atoms with E-state index >= 15 is 0 Å². The average molecular weight is 469 g/mol. The van der Waals surface area contributed by atoms with E-state index in [4.69, 9.17) is 16.3 Å². The van der Waals surface area contributed by atoms with Crippen LogP contribution in [0.5, 0.6) is 0 Å². The molecule has 5 rings (SSSR count). The molecule has 2 aliphatic heterocycles. The fraction of sp³-hybridized carbons (Fsp3) is 0.179. The lowest BCUT2D eigenvalue weighted by Gasteiger charge is -2.36. The van der Waals surface area contributed by atoms with Gasteiger partial charge in [-0.1, -0.05) is 72.3 Å². The molecule has 0 aromatic heterocycles. The van der Waals surface area contributed by atoms with Crippen molar-refractivity contribution in [1.82, 2.24) is 0 Å². The second-order valence-corrected chi connectivity index (χ2v) is 8.88. The van der Waals surface area contributed by atoms with Crippen LogP contribution in [0.3, 0.4) is 0 Å². The van der Waals surface area contributed by atoms with E-state index in [1.807, 2.05) is 71.6 Å². The number of ketones is 1. The van der Waals surface area contributed by atoms with Gasteiger partial charge in [0.1, 0.15) is 6.04 Å². The Hall–Kier alpha value is -3.88. The van der Waals surface area contributed by atoms with E-state index in [1.54, 1.807) is 24.3 Å². The summed E-state index contributed by atoms with van der Waals surface area (Å²) in [7, 11) is 1.28. The third-order valence-electron chi connectivity index (χ3n) is 6.81. The third-order valence-corrected chi connectivity index (χ3v) is 7.06. The molecule has 1 fully saturated rings. The van der Waals surface area contributed by atoms with Crippen molar-refractivity contribution in [2.24, 2.45) is 5.41 Å². The van der Waals surface area contributed by atoms with Crippen LogP contribution in [-0.4, -0.2) is 30.9 Å². The molecule has 0 bridgehead atoms. The van der Waals surface area contributed by atoms with Crippen LogP contribution in [0.1, 0.15) is 27.4 Å². The van der Waals surface area contributed by atoms with Gasteiger partial charge in [-0.25, -0.2) is 0 Å². The summed E-state index contributed by atoms with van der Waals surface area (Å²) in [6, 6.07) is 24.4. The zero-order chi connectivity index (χ0) is 23.9. The Morgan fingerprint density at radius 2 is 1.68 bits per heavy atom. The molecule has 3 aromatic carbocycles. The quantitative estimate of drug-likeness (QED) is 0.385. The number of hydrogen-bond acceptors (Lipinski definition) is 5. The molecule has 2 heterocycles. The van der Waals surface area contributed by atoms with Crippen LogP contribution >= 0.6 is 11.6 Å². The van der Waals surface area contributed by atoms with Gasteiger partial charge in [0.25, 0.3) is 0 Å². The summed E-state index contributed by atoms with van der Waals surface area (Å²) in [4.78, 5) is 29.5. The number of nitrogens with zero attached hydrogens (tertiary/aromatic N) is 2. The lowest BCUT2D eigenvalue weighted by atomic mass is 9.68.